The standard InChI is InChI=1S/C11H21N3O.ClH/c1-8(12)6-14-7-11(15)13-9-4-2-3-5-10(9)14;/h8-10H,2-7,12H2,1H3,(H,13,15);1H. The lowest BCUT2D eigenvalue weighted by molar-refractivity contribution is -0.128. The summed E-state index contributed by atoms with van der Waals surface area (Å²) in [5.41, 5.74) is 5.82. The number of fused-ring (bicyclic) bond motifs is 1. The summed E-state index contributed by atoms with van der Waals surface area (Å²) in [6.45, 7) is 3.38. The first-order valence-corrected chi connectivity index (χ1v) is 5.96. The first-order chi connectivity index (χ1) is 7.16. The van der Waals surface area contributed by atoms with E-state index < -0.39 is 0 Å². The van der Waals surface area contributed by atoms with Gasteiger partial charge < -0.3 is 11.1 Å². The second-order valence-corrected chi connectivity index (χ2v) is 4.93. The normalized spacial score (nSPS) is 32.2. The zero-order valence-corrected chi connectivity index (χ0v) is 10.6. The lowest BCUT2D eigenvalue weighted by Crippen LogP contribution is -2.62. The minimum absolute atomic E-state index is 0. The highest BCUT2D eigenvalue weighted by Gasteiger charge is 2.36. The molecule has 3 atom stereocenters. The minimum atomic E-state index is 0. The fraction of sp³-hybridized carbons (Fsp3) is 0.909. The number of carbonyl (C=O) groups excluding carboxylic acids is 1. The van der Waals surface area contributed by atoms with Crippen LogP contribution in [0.15, 0.2) is 0 Å². The van der Waals surface area contributed by atoms with Gasteiger partial charge in [-0.05, 0) is 19.8 Å². The van der Waals surface area contributed by atoms with Crippen LogP contribution in [-0.2, 0) is 4.79 Å². The lowest BCUT2D eigenvalue weighted by Gasteiger charge is -2.44. The van der Waals surface area contributed by atoms with Crippen LogP contribution in [-0.4, -0.2) is 42.0 Å². The number of nitrogens with two attached hydrogens (primary N) is 1. The monoisotopic (exact) mass is 247 g/mol. The molecule has 3 unspecified atom stereocenters. The van der Waals surface area contributed by atoms with Crippen LogP contribution in [0.2, 0.25) is 0 Å². The van der Waals surface area contributed by atoms with Crippen molar-refractivity contribution in [1.29, 1.82) is 0 Å². The minimum Gasteiger partial charge on any atom is -0.351 e. The summed E-state index contributed by atoms with van der Waals surface area (Å²) < 4.78 is 0. The Morgan fingerprint density at radius 1 is 1.50 bits per heavy atom. The zero-order valence-electron chi connectivity index (χ0n) is 9.82. The van der Waals surface area contributed by atoms with Gasteiger partial charge in [-0.25, -0.2) is 0 Å². The highest BCUT2D eigenvalue weighted by atomic mass is 35.5. The molecule has 5 heteroatoms. The van der Waals surface area contributed by atoms with Crippen LogP contribution in [0.3, 0.4) is 0 Å². The van der Waals surface area contributed by atoms with Crippen molar-refractivity contribution < 1.29 is 4.79 Å². The van der Waals surface area contributed by atoms with Crippen molar-refractivity contribution in [3.05, 3.63) is 0 Å². The van der Waals surface area contributed by atoms with Crippen LogP contribution in [0.1, 0.15) is 32.6 Å². The third kappa shape index (κ3) is 3.09. The maximum Gasteiger partial charge on any atom is 0.234 e. The van der Waals surface area contributed by atoms with Gasteiger partial charge in [-0.3, -0.25) is 9.69 Å². The number of carbonyl (C=O) groups is 1. The average molecular weight is 248 g/mol. The Bertz CT molecular complexity index is 247. The number of halogens is 1. The molecule has 0 aromatic heterocycles. The maximum absolute atomic E-state index is 11.5. The Morgan fingerprint density at radius 3 is 2.88 bits per heavy atom. The van der Waals surface area contributed by atoms with Crippen molar-refractivity contribution in [2.24, 2.45) is 5.73 Å². The van der Waals surface area contributed by atoms with Gasteiger partial charge in [0.2, 0.25) is 5.91 Å². The van der Waals surface area contributed by atoms with E-state index in [9.17, 15) is 4.79 Å². The van der Waals surface area contributed by atoms with Crippen LogP contribution in [0.25, 0.3) is 0 Å². The summed E-state index contributed by atoms with van der Waals surface area (Å²) in [4.78, 5) is 13.8. The van der Waals surface area contributed by atoms with E-state index in [4.69, 9.17) is 5.73 Å². The lowest BCUT2D eigenvalue weighted by atomic mass is 9.87. The largest absolute Gasteiger partial charge is 0.351 e. The predicted octanol–water partition coefficient (Wildman–Crippen LogP) is 0.498. The SMILES string of the molecule is CC(N)CN1CC(=O)NC2CCCCC21.Cl. The highest BCUT2D eigenvalue weighted by Crippen LogP contribution is 2.25. The maximum atomic E-state index is 11.5. The van der Waals surface area contributed by atoms with Gasteiger partial charge in [0.15, 0.2) is 0 Å². The summed E-state index contributed by atoms with van der Waals surface area (Å²) in [6, 6.07) is 1.06. The number of hydrogen-bond donors (Lipinski definition) is 2. The quantitative estimate of drug-likeness (QED) is 0.747. The highest BCUT2D eigenvalue weighted by molar-refractivity contribution is 5.85. The molecule has 0 aromatic carbocycles. The zero-order chi connectivity index (χ0) is 10.8. The van der Waals surface area contributed by atoms with Gasteiger partial charge in [-0.1, -0.05) is 12.8 Å². The van der Waals surface area contributed by atoms with E-state index in [-0.39, 0.29) is 24.4 Å². The average Bonchev–Trinajstić information content (AvgIpc) is 2.16. The summed E-state index contributed by atoms with van der Waals surface area (Å²) in [6.07, 6.45) is 4.86. The van der Waals surface area contributed by atoms with E-state index in [0.29, 0.717) is 18.6 Å². The summed E-state index contributed by atoms with van der Waals surface area (Å²) in [5, 5.41) is 3.10. The van der Waals surface area contributed by atoms with E-state index in [1.807, 2.05) is 6.92 Å². The fourth-order valence-corrected chi connectivity index (χ4v) is 2.84. The molecule has 94 valence electrons. The molecule has 1 heterocycles. The van der Waals surface area contributed by atoms with E-state index in [0.717, 1.165) is 13.0 Å². The molecule has 1 amide bonds. The van der Waals surface area contributed by atoms with Crippen LogP contribution >= 0.6 is 12.4 Å². The first kappa shape index (κ1) is 13.7. The Kier molecular flexibility index (Phi) is 5.02. The molecule has 1 saturated heterocycles. The number of rotatable bonds is 2. The van der Waals surface area contributed by atoms with Crippen molar-refractivity contribution in [2.45, 2.75) is 50.7 Å². The van der Waals surface area contributed by atoms with Gasteiger partial charge in [-0.15, -0.1) is 12.4 Å². The number of piperazine rings is 1. The van der Waals surface area contributed by atoms with Gasteiger partial charge in [0.05, 0.1) is 6.54 Å². The number of nitrogens with one attached hydrogen (secondary N) is 1. The molecular weight excluding hydrogens is 226 g/mol. The molecule has 4 nitrogen and oxygen atoms in total. The third-order valence-electron chi connectivity index (χ3n) is 3.41. The van der Waals surface area contributed by atoms with E-state index in [1.54, 1.807) is 0 Å². The van der Waals surface area contributed by atoms with Crippen LogP contribution in [0, 0.1) is 0 Å². The molecule has 3 N–H and O–H groups in total. The van der Waals surface area contributed by atoms with Crippen LogP contribution in [0.5, 0.6) is 0 Å². The molecule has 1 saturated carbocycles. The molecule has 0 aromatic rings. The van der Waals surface area contributed by atoms with Gasteiger partial charge in [0.1, 0.15) is 0 Å². The number of nitrogens with zero attached hydrogens (tertiary/aromatic N) is 1. The van der Waals surface area contributed by atoms with Crippen molar-refractivity contribution in [3.63, 3.8) is 0 Å². The smallest absolute Gasteiger partial charge is 0.234 e. The molecule has 16 heavy (non-hydrogen) atoms. The van der Waals surface area contributed by atoms with Crippen molar-refractivity contribution in [3.8, 4) is 0 Å². The Morgan fingerprint density at radius 2 is 2.19 bits per heavy atom. The molecule has 1 aliphatic carbocycles. The third-order valence-corrected chi connectivity index (χ3v) is 3.41. The van der Waals surface area contributed by atoms with Gasteiger partial charge in [0.25, 0.3) is 0 Å². The molecule has 2 fully saturated rings. The molecule has 2 rings (SSSR count). The Hall–Kier alpha value is -0.320. The molecule has 0 spiro atoms. The molecule has 1 aliphatic heterocycles. The Balaban J connectivity index is 0.00000128. The van der Waals surface area contributed by atoms with E-state index in [1.165, 1.54) is 19.3 Å². The van der Waals surface area contributed by atoms with Gasteiger partial charge >= 0.3 is 0 Å². The van der Waals surface area contributed by atoms with Crippen LogP contribution < -0.4 is 11.1 Å². The molecule has 0 radical (unpaired) electrons. The summed E-state index contributed by atoms with van der Waals surface area (Å²) in [5.74, 6) is 0.166. The summed E-state index contributed by atoms with van der Waals surface area (Å²) in [7, 11) is 0. The van der Waals surface area contributed by atoms with E-state index in [2.05, 4.69) is 10.2 Å². The van der Waals surface area contributed by atoms with E-state index >= 15 is 0 Å². The number of hydrogen-bond acceptors (Lipinski definition) is 3. The first-order valence-electron chi connectivity index (χ1n) is 5.96. The topological polar surface area (TPSA) is 58.4 Å². The van der Waals surface area contributed by atoms with Crippen molar-refractivity contribution >= 4 is 18.3 Å². The predicted molar refractivity (Wildman–Crippen MR) is 66.7 cm³/mol. The second kappa shape index (κ2) is 5.84. The second-order valence-electron chi connectivity index (χ2n) is 4.93. The fourth-order valence-electron chi connectivity index (χ4n) is 2.84. The van der Waals surface area contributed by atoms with Gasteiger partial charge in [-0.2, -0.15) is 0 Å². The molecule has 2 aliphatic rings. The Labute approximate surface area is 103 Å². The molecule has 0 bridgehead atoms. The number of amides is 1. The van der Waals surface area contributed by atoms with Crippen molar-refractivity contribution in [2.75, 3.05) is 13.1 Å². The van der Waals surface area contributed by atoms with Gasteiger partial charge in [0, 0.05) is 24.7 Å². The van der Waals surface area contributed by atoms with Crippen LogP contribution in [0.4, 0.5) is 0 Å². The molecular formula is C11H22ClN3O. The van der Waals surface area contributed by atoms with Crippen molar-refractivity contribution in [1.82, 2.24) is 10.2 Å². The summed E-state index contributed by atoms with van der Waals surface area (Å²) >= 11 is 0.